The standard InChI is InChI=1S/C6H10O/c1-2-5-3-4-6(5)7/h5H,2-4H2,1H3/t5-/m0/s1. The van der Waals surface area contributed by atoms with E-state index in [-0.39, 0.29) is 0 Å². The Kier molecular flexibility index (Phi) is 1.13. The quantitative estimate of drug-likeness (QED) is 0.484. The molecule has 0 aromatic carbocycles. The molecule has 1 atom stereocenters. The van der Waals surface area contributed by atoms with E-state index in [0.717, 1.165) is 19.3 Å². The maximum atomic E-state index is 10.5. The van der Waals surface area contributed by atoms with Crippen molar-refractivity contribution in [1.29, 1.82) is 0 Å². The number of hydrogen-bond donors (Lipinski definition) is 0. The van der Waals surface area contributed by atoms with Crippen LogP contribution in [0.15, 0.2) is 0 Å². The fourth-order valence-corrected chi connectivity index (χ4v) is 0.898. The number of carbonyl (C=O) groups excluding carboxylic acids is 1. The van der Waals surface area contributed by atoms with Gasteiger partial charge in [0.05, 0.1) is 0 Å². The van der Waals surface area contributed by atoms with E-state index in [1.165, 1.54) is 0 Å². The lowest BCUT2D eigenvalue weighted by molar-refractivity contribution is -0.129. The highest BCUT2D eigenvalue weighted by Crippen LogP contribution is 2.24. The van der Waals surface area contributed by atoms with Gasteiger partial charge in [0.1, 0.15) is 5.78 Å². The molecule has 1 fully saturated rings. The van der Waals surface area contributed by atoms with Crippen molar-refractivity contribution >= 4 is 5.78 Å². The van der Waals surface area contributed by atoms with Crippen LogP contribution in [0.1, 0.15) is 26.2 Å². The maximum absolute atomic E-state index is 10.5. The average Bonchev–Trinajstić information content (AvgIpc) is 1.65. The first-order valence-corrected chi connectivity index (χ1v) is 2.87. The zero-order valence-corrected chi connectivity index (χ0v) is 4.61. The van der Waals surface area contributed by atoms with Gasteiger partial charge < -0.3 is 0 Å². The molecule has 1 saturated carbocycles. The monoisotopic (exact) mass is 98.1 g/mol. The second-order valence-electron chi connectivity index (χ2n) is 2.11. The Hall–Kier alpha value is -0.330. The summed E-state index contributed by atoms with van der Waals surface area (Å²) in [5.74, 6) is 0.919. The first-order valence-electron chi connectivity index (χ1n) is 2.87. The predicted molar refractivity (Wildman–Crippen MR) is 28.0 cm³/mol. The minimum Gasteiger partial charge on any atom is -0.299 e. The molecule has 0 saturated heterocycles. The Morgan fingerprint density at radius 2 is 2.57 bits per heavy atom. The summed E-state index contributed by atoms with van der Waals surface area (Å²) in [6.07, 6.45) is 3.05. The topological polar surface area (TPSA) is 17.1 Å². The molecule has 0 spiro atoms. The Balaban J connectivity index is 2.29. The molecule has 0 aromatic rings. The van der Waals surface area contributed by atoms with Crippen LogP contribution >= 0.6 is 0 Å². The number of hydrogen-bond acceptors (Lipinski definition) is 1. The molecular formula is C6H10O. The van der Waals surface area contributed by atoms with Gasteiger partial charge in [-0.3, -0.25) is 4.79 Å². The van der Waals surface area contributed by atoms with Gasteiger partial charge in [-0.05, 0) is 12.8 Å². The van der Waals surface area contributed by atoms with Gasteiger partial charge in [-0.25, -0.2) is 0 Å². The normalized spacial score (nSPS) is 29.9. The van der Waals surface area contributed by atoms with Crippen LogP contribution in [-0.2, 0) is 4.79 Å². The second-order valence-corrected chi connectivity index (χ2v) is 2.11. The van der Waals surface area contributed by atoms with E-state index >= 15 is 0 Å². The number of Topliss-reactive ketones (excluding diaryl/α,β-unsaturated/α-hetero) is 1. The van der Waals surface area contributed by atoms with Gasteiger partial charge in [0.15, 0.2) is 0 Å². The van der Waals surface area contributed by atoms with E-state index in [0.29, 0.717) is 11.7 Å². The molecule has 0 radical (unpaired) electrons. The molecule has 0 amide bonds. The van der Waals surface area contributed by atoms with Crippen molar-refractivity contribution in [3.05, 3.63) is 0 Å². The van der Waals surface area contributed by atoms with E-state index in [9.17, 15) is 4.79 Å². The molecule has 0 heterocycles. The molecule has 1 rings (SSSR count). The van der Waals surface area contributed by atoms with E-state index in [1.54, 1.807) is 0 Å². The van der Waals surface area contributed by atoms with Gasteiger partial charge in [-0.2, -0.15) is 0 Å². The first kappa shape index (κ1) is 4.82. The summed E-state index contributed by atoms with van der Waals surface area (Å²) >= 11 is 0. The van der Waals surface area contributed by atoms with Crippen LogP contribution in [0, 0.1) is 5.92 Å². The fraction of sp³-hybridized carbons (Fsp3) is 0.833. The minimum absolute atomic E-state index is 0.444. The fourth-order valence-electron chi connectivity index (χ4n) is 0.898. The molecule has 0 aliphatic heterocycles. The SMILES string of the molecule is CC[C@H]1CCC1=O. The summed E-state index contributed by atoms with van der Waals surface area (Å²) < 4.78 is 0. The summed E-state index contributed by atoms with van der Waals surface area (Å²) in [6, 6.07) is 0. The van der Waals surface area contributed by atoms with Crippen LogP contribution in [0.3, 0.4) is 0 Å². The first-order chi connectivity index (χ1) is 3.34. The van der Waals surface area contributed by atoms with Crippen molar-refractivity contribution in [2.45, 2.75) is 26.2 Å². The smallest absolute Gasteiger partial charge is 0.136 e. The van der Waals surface area contributed by atoms with E-state index < -0.39 is 0 Å². The molecular weight excluding hydrogens is 88.1 g/mol. The zero-order chi connectivity index (χ0) is 5.28. The lowest BCUT2D eigenvalue weighted by atomic mass is 9.82. The van der Waals surface area contributed by atoms with Gasteiger partial charge >= 0.3 is 0 Å². The third-order valence-electron chi connectivity index (χ3n) is 1.69. The molecule has 0 N–H and O–H groups in total. The summed E-state index contributed by atoms with van der Waals surface area (Å²) in [5.41, 5.74) is 0. The van der Waals surface area contributed by atoms with Crippen molar-refractivity contribution in [3.63, 3.8) is 0 Å². The molecule has 1 nitrogen and oxygen atoms in total. The molecule has 1 aliphatic carbocycles. The largest absolute Gasteiger partial charge is 0.299 e. The highest BCUT2D eigenvalue weighted by atomic mass is 16.1. The highest BCUT2D eigenvalue weighted by molar-refractivity contribution is 5.86. The number of ketones is 1. The molecule has 1 heteroatoms. The molecule has 0 unspecified atom stereocenters. The Morgan fingerprint density at radius 3 is 2.57 bits per heavy atom. The van der Waals surface area contributed by atoms with Crippen LogP contribution in [-0.4, -0.2) is 5.78 Å². The van der Waals surface area contributed by atoms with Crippen LogP contribution < -0.4 is 0 Å². The molecule has 40 valence electrons. The van der Waals surface area contributed by atoms with Crippen molar-refractivity contribution in [3.8, 4) is 0 Å². The van der Waals surface area contributed by atoms with Crippen molar-refractivity contribution in [2.75, 3.05) is 0 Å². The second kappa shape index (κ2) is 1.65. The summed E-state index contributed by atoms with van der Waals surface area (Å²) in [7, 11) is 0. The lowest BCUT2D eigenvalue weighted by Gasteiger charge is -2.21. The Labute approximate surface area is 43.7 Å². The number of carbonyl (C=O) groups is 1. The predicted octanol–water partition coefficient (Wildman–Crippen LogP) is 1.38. The third-order valence-corrected chi connectivity index (χ3v) is 1.69. The Bertz CT molecular complexity index is 84.2. The van der Waals surface area contributed by atoms with Crippen LogP contribution in [0.25, 0.3) is 0 Å². The number of rotatable bonds is 1. The van der Waals surface area contributed by atoms with E-state index in [2.05, 4.69) is 6.92 Å². The minimum atomic E-state index is 0.444. The lowest BCUT2D eigenvalue weighted by Crippen LogP contribution is -2.24. The Morgan fingerprint density at radius 1 is 1.86 bits per heavy atom. The average molecular weight is 98.1 g/mol. The van der Waals surface area contributed by atoms with Crippen LogP contribution in [0.5, 0.6) is 0 Å². The van der Waals surface area contributed by atoms with Crippen molar-refractivity contribution in [1.82, 2.24) is 0 Å². The van der Waals surface area contributed by atoms with Crippen molar-refractivity contribution in [2.24, 2.45) is 5.92 Å². The highest BCUT2D eigenvalue weighted by Gasteiger charge is 2.25. The van der Waals surface area contributed by atoms with Crippen LogP contribution in [0.2, 0.25) is 0 Å². The van der Waals surface area contributed by atoms with Gasteiger partial charge in [0, 0.05) is 12.3 Å². The van der Waals surface area contributed by atoms with Gasteiger partial charge in [0.25, 0.3) is 0 Å². The van der Waals surface area contributed by atoms with Gasteiger partial charge in [0.2, 0.25) is 0 Å². The summed E-state index contributed by atoms with van der Waals surface area (Å²) in [5, 5.41) is 0. The van der Waals surface area contributed by atoms with Crippen molar-refractivity contribution < 1.29 is 4.79 Å². The molecule has 7 heavy (non-hydrogen) atoms. The van der Waals surface area contributed by atoms with Gasteiger partial charge in [-0.15, -0.1) is 0 Å². The van der Waals surface area contributed by atoms with E-state index in [1.807, 2.05) is 0 Å². The van der Waals surface area contributed by atoms with Crippen LogP contribution in [0.4, 0.5) is 0 Å². The zero-order valence-electron chi connectivity index (χ0n) is 4.61. The third kappa shape index (κ3) is 0.671. The van der Waals surface area contributed by atoms with Gasteiger partial charge in [-0.1, -0.05) is 6.92 Å². The molecule has 0 aromatic heterocycles. The maximum Gasteiger partial charge on any atom is 0.136 e. The summed E-state index contributed by atoms with van der Waals surface area (Å²) in [6.45, 7) is 2.07. The summed E-state index contributed by atoms with van der Waals surface area (Å²) in [4.78, 5) is 10.5. The molecule has 0 bridgehead atoms. The van der Waals surface area contributed by atoms with E-state index in [4.69, 9.17) is 0 Å². The molecule has 1 aliphatic rings.